The van der Waals surface area contributed by atoms with E-state index in [0.29, 0.717) is 22.6 Å². The van der Waals surface area contributed by atoms with Gasteiger partial charge in [-0.05, 0) is 36.6 Å². The maximum absolute atomic E-state index is 5.73. The minimum Gasteiger partial charge on any atom is -0.493 e. The summed E-state index contributed by atoms with van der Waals surface area (Å²) in [5.74, 6) is 2.66. The van der Waals surface area contributed by atoms with Crippen LogP contribution in [0.2, 0.25) is 0 Å². The molecule has 0 bridgehead atoms. The van der Waals surface area contributed by atoms with Crippen molar-refractivity contribution in [3.8, 4) is 23.0 Å². The number of hydrogen-bond donors (Lipinski definition) is 0. The van der Waals surface area contributed by atoms with Crippen LogP contribution in [0.5, 0.6) is 11.5 Å². The first-order chi connectivity index (χ1) is 12.2. The van der Waals surface area contributed by atoms with Crippen LogP contribution in [0.4, 0.5) is 0 Å². The molecule has 0 aliphatic rings. The predicted molar refractivity (Wildman–Crippen MR) is 95.1 cm³/mol. The molecule has 0 aliphatic carbocycles. The highest BCUT2D eigenvalue weighted by Crippen LogP contribution is 2.32. The van der Waals surface area contributed by atoms with Gasteiger partial charge in [-0.25, -0.2) is 0 Å². The van der Waals surface area contributed by atoms with Gasteiger partial charge in [0.05, 0.1) is 20.4 Å². The van der Waals surface area contributed by atoms with E-state index in [1.165, 1.54) is 5.56 Å². The number of aryl methyl sites for hydroxylation is 2. The molecule has 0 spiro atoms. The van der Waals surface area contributed by atoms with Crippen LogP contribution in [-0.4, -0.2) is 40.0 Å². The Morgan fingerprint density at radius 2 is 2.00 bits per heavy atom. The molecule has 0 aliphatic heterocycles. The van der Waals surface area contributed by atoms with Gasteiger partial charge >= 0.3 is 0 Å². The smallest absolute Gasteiger partial charge is 0.276 e. The number of methoxy groups -OCH3 is 2. The van der Waals surface area contributed by atoms with E-state index in [4.69, 9.17) is 13.9 Å². The van der Waals surface area contributed by atoms with Crippen molar-refractivity contribution in [2.24, 2.45) is 7.05 Å². The normalized spacial score (nSPS) is 10.8. The Bertz CT molecular complexity index is 831. The average molecular weight is 360 g/mol. The molecule has 7 nitrogen and oxygen atoms in total. The molecule has 3 rings (SSSR count). The summed E-state index contributed by atoms with van der Waals surface area (Å²) in [5.41, 5.74) is 2.03. The van der Waals surface area contributed by atoms with E-state index in [9.17, 15) is 0 Å². The van der Waals surface area contributed by atoms with Crippen molar-refractivity contribution in [1.29, 1.82) is 0 Å². The van der Waals surface area contributed by atoms with Gasteiger partial charge in [-0.15, -0.1) is 10.2 Å². The summed E-state index contributed by atoms with van der Waals surface area (Å²) < 4.78 is 18.1. The predicted octanol–water partition coefficient (Wildman–Crippen LogP) is 3.21. The maximum atomic E-state index is 5.73. The molecule has 2 heterocycles. The van der Waals surface area contributed by atoms with Gasteiger partial charge in [0, 0.05) is 24.6 Å². The fourth-order valence-corrected chi connectivity index (χ4v) is 3.09. The second-order valence-electron chi connectivity index (χ2n) is 5.42. The van der Waals surface area contributed by atoms with Crippen LogP contribution in [0, 0.1) is 0 Å². The Hall–Kier alpha value is -2.48. The molecule has 0 saturated carbocycles. The minimum atomic E-state index is 0.468. The summed E-state index contributed by atoms with van der Waals surface area (Å²) in [6, 6.07) is 5.51. The molecule has 0 radical (unpaired) electrons. The molecule has 0 fully saturated rings. The standard InChI is InChI=1S/C17H20N4O3S/c1-21-11-12(10-18-21)5-4-8-25-17-20-19-16(24-17)13-6-7-14(22-2)15(9-13)23-3/h6-7,9-11H,4-5,8H2,1-3H3. The molecule has 132 valence electrons. The molecule has 3 aromatic rings. The Balaban J connectivity index is 1.57. The van der Waals surface area contributed by atoms with Crippen molar-refractivity contribution >= 4 is 11.8 Å². The van der Waals surface area contributed by atoms with Crippen LogP contribution in [0.1, 0.15) is 12.0 Å². The number of aromatic nitrogens is 4. The van der Waals surface area contributed by atoms with Gasteiger partial charge < -0.3 is 13.9 Å². The third-order valence-corrected chi connectivity index (χ3v) is 4.54. The molecular formula is C17H20N4O3S. The highest BCUT2D eigenvalue weighted by atomic mass is 32.2. The van der Waals surface area contributed by atoms with Crippen LogP contribution >= 0.6 is 11.8 Å². The first-order valence-corrected chi connectivity index (χ1v) is 8.84. The van der Waals surface area contributed by atoms with Crippen molar-refractivity contribution in [1.82, 2.24) is 20.0 Å². The summed E-state index contributed by atoms with van der Waals surface area (Å²) >= 11 is 1.56. The summed E-state index contributed by atoms with van der Waals surface area (Å²) in [6.07, 6.45) is 5.93. The van der Waals surface area contributed by atoms with E-state index in [2.05, 4.69) is 15.3 Å². The van der Waals surface area contributed by atoms with Crippen molar-refractivity contribution in [3.63, 3.8) is 0 Å². The summed E-state index contributed by atoms with van der Waals surface area (Å²) in [6.45, 7) is 0. The third kappa shape index (κ3) is 4.33. The van der Waals surface area contributed by atoms with Crippen LogP contribution in [0.3, 0.4) is 0 Å². The van der Waals surface area contributed by atoms with Crippen LogP contribution in [-0.2, 0) is 13.5 Å². The second kappa shape index (κ2) is 8.06. The fourth-order valence-electron chi connectivity index (χ4n) is 2.39. The zero-order valence-corrected chi connectivity index (χ0v) is 15.2. The molecule has 0 saturated heterocycles. The molecule has 1 aromatic carbocycles. The molecular weight excluding hydrogens is 340 g/mol. The lowest BCUT2D eigenvalue weighted by Gasteiger charge is -2.07. The highest BCUT2D eigenvalue weighted by Gasteiger charge is 2.12. The monoisotopic (exact) mass is 360 g/mol. The quantitative estimate of drug-likeness (QED) is 0.451. The number of nitrogens with zero attached hydrogens (tertiary/aromatic N) is 4. The molecule has 8 heteroatoms. The third-order valence-electron chi connectivity index (χ3n) is 3.63. The van der Waals surface area contributed by atoms with Gasteiger partial charge in [0.25, 0.3) is 5.22 Å². The number of ether oxygens (including phenoxy) is 2. The topological polar surface area (TPSA) is 75.2 Å². The first kappa shape index (κ1) is 17.3. The molecule has 0 amide bonds. The first-order valence-electron chi connectivity index (χ1n) is 7.86. The Morgan fingerprint density at radius 1 is 1.16 bits per heavy atom. The molecule has 2 aromatic heterocycles. The van der Waals surface area contributed by atoms with Crippen LogP contribution in [0.25, 0.3) is 11.5 Å². The maximum Gasteiger partial charge on any atom is 0.276 e. The molecule has 0 atom stereocenters. The molecule has 25 heavy (non-hydrogen) atoms. The Labute approximate surface area is 150 Å². The van der Waals surface area contributed by atoms with E-state index < -0.39 is 0 Å². The van der Waals surface area contributed by atoms with Crippen LogP contribution < -0.4 is 9.47 Å². The lowest BCUT2D eigenvalue weighted by Crippen LogP contribution is -1.90. The van der Waals surface area contributed by atoms with E-state index >= 15 is 0 Å². The largest absolute Gasteiger partial charge is 0.493 e. The SMILES string of the molecule is COc1ccc(-c2nnc(SCCCc3cnn(C)c3)o2)cc1OC. The number of rotatable bonds is 8. The number of hydrogen-bond acceptors (Lipinski definition) is 7. The van der Waals surface area contributed by atoms with Gasteiger partial charge in [0.1, 0.15) is 0 Å². The van der Waals surface area contributed by atoms with Crippen molar-refractivity contribution in [2.75, 3.05) is 20.0 Å². The van der Waals surface area contributed by atoms with E-state index in [0.717, 1.165) is 24.2 Å². The summed E-state index contributed by atoms with van der Waals surface area (Å²) in [7, 11) is 5.12. The van der Waals surface area contributed by atoms with Crippen molar-refractivity contribution < 1.29 is 13.9 Å². The Morgan fingerprint density at radius 3 is 2.72 bits per heavy atom. The van der Waals surface area contributed by atoms with E-state index in [-0.39, 0.29) is 0 Å². The summed E-state index contributed by atoms with van der Waals surface area (Å²) in [5, 5.41) is 12.9. The van der Waals surface area contributed by atoms with E-state index in [1.54, 1.807) is 26.0 Å². The average Bonchev–Trinajstić information content (AvgIpc) is 3.27. The lowest BCUT2D eigenvalue weighted by atomic mass is 10.2. The van der Waals surface area contributed by atoms with Crippen molar-refractivity contribution in [2.45, 2.75) is 18.1 Å². The van der Waals surface area contributed by atoms with Crippen molar-refractivity contribution in [3.05, 3.63) is 36.2 Å². The zero-order valence-electron chi connectivity index (χ0n) is 14.4. The van der Waals surface area contributed by atoms with Gasteiger partial charge in [0.2, 0.25) is 5.89 Å². The van der Waals surface area contributed by atoms with Crippen LogP contribution in [0.15, 0.2) is 40.2 Å². The lowest BCUT2D eigenvalue weighted by molar-refractivity contribution is 0.355. The summed E-state index contributed by atoms with van der Waals surface area (Å²) in [4.78, 5) is 0. The van der Waals surface area contributed by atoms with Gasteiger partial charge in [0.15, 0.2) is 11.5 Å². The highest BCUT2D eigenvalue weighted by molar-refractivity contribution is 7.99. The minimum absolute atomic E-state index is 0.468. The second-order valence-corrected chi connectivity index (χ2v) is 6.46. The van der Waals surface area contributed by atoms with Gasteiger partial charge in [-0.2, -0.15) is 5.10 Å². The fraction of sp³-hybridized carbons (Fsp3) is 0.353. The zero-order chi connectivity index (χ0) is 17.6. The molecule has 0 N–H and O–H groups in total. The molecule has 0 unspecified atom stereocenters. The van der Waals surface area contributed by atoms with Gasteiger partial charge in [-0.1, -0.05) is 11.8 Å². The van der Waals surface area contributed by atoms with E-state index in [1.807, 2.05) is 42.3 Å². The van der Waals surface area contributed by atoms with Gasteiger partial charge in [-0.3, -0.25) is 4.68 Å². The number of thioether (sulfide) groups is 1. The number of benzene rings is 1. The Kier molecular flexibility index (Phi) is 5.60.